The molecule has 2 fully saturated rings. The van der Waals surface area contributed by atoms with Crippen LogP contribution in [-0.4, -0.2) is 37.4 Å². The Hall–Kier alpha value is -1.10. The number of methoxy groups -OCH3 is 2. The maximum absolute atomic E-state index is 11.7. The minimum absolute atomic E-state index is 0.300. The average molecular weight is 228 g/mol. The third kappa shape index (κ3) is 1.21. The number of fused-ring (bicyclic) bond motifs is 2. The van der Waals surface area contributed by atoms with Gasteiger partial charge in [-0.1, -0.05) is 0 Å². The molecule has 16 heavy (non-hydrogen) atoms. The summed E-state index contributed by atoms with van der Waals surface area (Å²) in [6.45, 7) is 0. The Morgan fingerprint density at radius 3 is 2.31 bits per heavy atom. The smallest absolute Gasteiger partial charge is 0.314 e. The summed E-state index contributed by atoms with van der Waals surface area (Å²) in [5.41, 5.74) is -1.56. The molecule has 0 aromatic carbocycles. The van der Waals surface area contributed by atoms with Crippen LogP contribution in [-0.2, 0) is 19.1 Å². The van der Waals surface area contributed by atoms with Gasteiger partial charge >= 0.3 is 11.9 Å². The number of hydrogen-bond donors (Lipinski definition) is 1. The first-order valence-electron chi connectivity index (χ1n) is 5.36. The summed E-state index contributed by atoms with van der Waals surface area (Å²) in [4.78, 5) is 23.4. The number of hydrogen-bond acceptors (Lipinski definition) is 5. The van der Waals surface area contributed by atoms with Gasteiger partial charge in [0, 0.05) is 0 Å². The van der Waals surface area contributed by atoms with Crippen LogP contribution < -0.4 is 0 Å². The normalized spacial score (nSPS) is 40.8. The van der Waals surface area contributed by atoms with Crippen LogP contribution in [0.4, 0.5) is 0 Å². The molecule has 0 amide bonds. The lowest BCUT2D eigenvalue weighted by Crippen LogP contribution is -2.39. The van der Waals surface area contributed by atoms with Gasteiger partial charge in [-0.25, -0.2) is 0 Å². The lowest BCUT2D eigenvalue weighted by atomic mass is 9.80. The van der Waals surface area contributed by atoms with Gasteiger partial charge in [-0.15, -0.1) is 0 Å². The van der Waals surface area contributed by atoms with Crippen LogP contribution >= 0.6 is 0 Å². The first-order chi connectivity index (χ1) is 7.50. The second kappa shape index (κ2) is 3.45. The minimum Gasteiger partial charge on any atom is -0.469 e. The van der Waals surface area contributed by atoms with Gasteiger partial charge in [0.05, 0.1) is 31.2 Å². The van der Waals surface area contributed by atoms with Crippen molar-refractivity contribution in [2.24, 2.45) is 10.8 Å². The summed E-state index contributed by atoms with van der Waals surface area (Å²) in [6, 6.07) is 0. The molecule has 5 heteroatoms. The largest absolute Gasteiger partial charge is 0.469 e. The first-order valence-corrected chi connectivity index (χ1v) is 5.36. The van der Waals surface area contributed by atoms with E-state index in [9.17, 15) is 14.7 Å². The van der Waals surface area contributed by atoms with E-state index in [4.69, 9.17) is 9.47 Å². The Morgan fingerprint density at radius 1 is 1.19 bits per heavy atom. The zero-order valence-corrected chi connectivity index (χ0v) is 9.49. The van der Waals surface area contributed by atoms with Gasteiger partial charge in [0.15, 0.2) is 0 Å². The van der Waals surface area contributed by atoms with Gasteiger partial charge in [0.2, 0.25) is 0 Å². The van der Waals surface area contributed by atoms with Gasteiger partial charge in [-0.3, -0.25) is 9.59 Å². The predicted molar refractivity (Wildman–Crippen MR) is 53.4 cm³/mol. The number of carbonyl (C=O) groups is 2. The van der Waals surface area contributed by atoms with E-state index < -0.39 is 22.9 Å². The SMILES string of the molecule is COC(=O)C12CC[C@@](C(=O)OC)(C[C@H]1O)C2. The van der Waals surface area contributed by atoms with Crippen molar-refractivity contribution in [3.63, 3.8) is 0 Å². The molecule has 1 unspecified atom stereocenters. The fourth-order valence-corrected chi connectivity index (χ4v) is 3.25. The van der Waals surface area contributed by atoms with Crippen LogP contribution in [0.15, 0.2) is 0 Å². The molecule has 2 aliphatic carbocycles. The molecule has 3 atom stereocenters. The van der Waals surface area contributed by atoms with Gasteiger partial charge in [-0.2, -0.15) is 0 Å². The van der Waals surface area contributed by atoms with Crippen molar-refractivity contribution >= 4 is 11.9 Å². The van der Waals surface area contributed by atoms with Gasteiger partial charge < -0.3 is 14.6 Å². The minimum atomic E-state index is -0.886. The van der Waals surface area contributed by atoms with E-state index in [1.54, 1.807) is 0 Å². The Balaban J connectivity index is 2.30. The fraction of sp³-hybridized carbons (Fsp3) is 0.818. The summed E-state index contributed by atoms with van der Waals surface area (Å²) in [6.07, 6.45) is 0.935. The zero-order valence-electron chi connectivity index (χ0n) is 9.49. The van der Waals surface area contributed by atoms with E-state index in [0.29, 0.717) is 25.7 Å². The molecule has 2 bridgehead atoms. The number of aliphatic hydroxyl groups is 1. The number of esters is 2. The molecule has 0 heterocycles. The van der Waals surface area contributed by atoms with Gasteiger partial charge in [0.1, 0.15) is 0 Å². The molecule has 2 aliphatic rings. The van der Waals surface area contributed by atoms with Crippen molar-refractivity contribution in [1.82, 2.24) is 0 Å². The maximum Gasteiger partial charge on any atom is 0.314 e. The standard InChI is InChI=1S/C11H16O5/c1-15-8(13)10-3-4-11(6-10,7(12)5-10)9(14)16-2/h7,12H,3-6H2,1-2H3/t7-,10-,11?/m1/s1. The van der Waals surface area contributed by atoms with Crippen molar-refractivity contribution in [3.05, 3.63) is 0 Å². The molecule has 0 radical (unpaired) electrons. The summed E-state index contributed by atoms with van der Waals surface area (Å²) in [5, 5.41) is 9.97. The van der Waals surface area contributed by atoms with Gasteiger partial charge in [-0.05, 0) is 25.7 Å². The molecule has 0 aliphatic heterocycles. The number of aliphatic hydroxyl groups excluding tert-OH is 1. The Kier molecular flexibility index (Phi) is 2.45. The van der Waals surface area contributed by atoms with Crippen LogP contribution in [0.2, 0.25) is 0 Å². The van der Waals surface area contributed by atoms with Crippen molar-refractivity contribution < 1.29 is 24.2 Å². The van der Waals surface area contributed by atoms with Crippen LogP contribution in [0.3, 0.4) is 0 Å². The summed E-state index contributed by atoms with van der Waals surface area (Å²) >= 11 is 0. The molecular weight excluding hydrogens is 212 g/mol. The van der Waals surface area contributed by atoms with Crippen molar-refractivity contribution in [2.75, 3.05) is 14.2 Å². The average Bonchev–Trinajstić information content (AvgIpc) is 2.81. The molecule has 5 nitrogen and oxygen atoms in total. The van der Waals surface area contributed by atoms with E-state index in [1.807, 2.05) is 0 Å². The van der Waals surface area contributed by atoms with E-state index in [2.05, 4.69) is 0 Å². The quantitative estimate of drug-likeness (QED) is 0.686. The highest BCUT2D eigenvalue weighted by atomic mass is 16.5. The summed E-state index contributed by atoms with van der Waals surface area (Å²) < 4.78 is 9.49. The predicted octanol–water partition coefficient (Wildman–Crippen LogP) is 0.254. The second-order valence-corrected chi connectivity index (χ2v) is 4.82. The van der Waals surface area contributed by atoms with E-state index in [0.717, 1.165) is 0 Å². The summed E-state index contributed by atoms with van der Waals surface area (Å²) in [7, 11) is 2.64. The molecule has 0 saturated heterocycles. The van der Waals surface area contributed by atoms with E-state index in [-0.39, 0.29) is 5.97 Å². The lowest BCUT2D eigenvalue weighted by molar-refractivity contribution is -0.159. The number of rotatable bonds is 2. The number of carbonyl (C=O) groups excluding carboxylic acids is 2. The molecule has 0 aromatic rings. The Labute approximate surface area is 93.7 Å². The molecule has 0 spiro atoms. The Bertz CT molecular complexity index is 339. The molecule has 2 rings (SSSR count). The van der Waals surface area contributed by atoms with E-state index >= 15 is 0 Å². The van der Waals surface area contributed by atoms with Crippen molar-refractivity contribution in [3.8, 4) is 0 Å². The third-order valence-corrected chi connectivity index (χ3v) is 4.14. The highest BCUT2D eigenvalue weighted by Crippen LogP contribution is 2.62. The fourth-order valence-electron chi connectivity index (χ4n) is 3.25. The highest BCUT2D eigenvalue weighted by Gasteiger charge is 2.67. The topological polar surface area (TPSA) is 72.8 Å². The molecular formula is C11H16O5. The maximum atomic E-state index is 11.7. The summed E-state index contributed by atoms with van der Waals surface area (Å²) in [5.74, 6) is -0.738. The molecule has 2 saturated carbocycles. The second-order valence-electron chi connectivity index (χ2n) is 4.82. The molecule has 0 aromatic heterocycles. The third-order valence-electron chi connectivity index (χ3n) is 4.14. The monoisotopic (exact) mass is 228 g/mol. The van der Waals surface area contributed by atoms with Crippen molar-refractivity contribution in [2.45, 2.75) is 31.8 Å². The van der Waals surface area contributed by atoms with Crippen molar-refractivity contribution in [1.29, 1.82) is 0 Å². The zero-order chi connectivity index (χ0) is 12.0. The highest BCUT2D eigenvalue weighted by molar-refractivity contribution is 5.85. The Morgan fingerprint density at radius 2 is 1.81 bits per heavy atom. The molecule has 90 valence electrons. The molecule has 1 N–H and O–H groups in total. The van der Waals surface area contributed by atoms with Crippen LogP contribution in [0.1, 0.15) is 25.7 Å². The number of ether oxygens (including phenoxy) is 2. The van der Waals surface area contributed by atoms with Crippen LogP contribution in [0.25, 0.3) is 0 Å². The van der Waals surface area contributed by atoms with Gasteiger partial charge in [0.25, 0.3) is 0 Å². The first kappa shape index (κ1) is 11.4. The van der Waals surface area contributed by atoms with Crippen LogP contribution in [0.5, 0.6) is 0 Å². The van der Waals surface area contributed by atoms with Crippen LogP contribution in [0, 0.1) is 10.8 Å². The van der Waals surface area contributed by atoms with E-state index in [1.165, 1.54) is 14.2 Å². The lowest BCUT2D eigenvalue weighted by Gasteiger charge is -2.29.